The lowest BCUT2D eigenvalue weighted by Gasteiger charge is -2.01. The summed E-state index contributed by atoms with van der Waals surface area (Å²) in [6.07, 6.45) is -4.22. The van der Waals surface area contributed by atoms with E-state index in [-0.39, 0.29) is 0 Å². The van der Waals surface area contributed by atoms with Crippen molar-refractivity contribution in [3.05, 3.63) is 0 Å². The Labute approximate surface area is 42.0 Å². The van der Waals surface area contributed by atoms with Gasteiger partial charge in [0.05, 0.1) is 0 Å². The second-order valence-corrected chi connectivity index (χ2v) is 1.19. The van der Waals surface area contributed by atoms with Crippen LogP contribution in [-0.4, -0.2) is 23.3 Å². The average molecular weight is 127 g/mol. The van der Waals surface area contributed by atoms with Gasteiger partial charge in [-0.1, -0.05) is 0 Å². The van der Waals surface area contributed by atoms with E-state index in [0.29, 0.717) is 0 Å². The van der Waals surface area contributed by atoms with Gasteiger partial charge in [0.2, 0.25) is 10.5 Å². The molecule has 0 bridgehead atoms. The smallest absolute Gasteiger partial charge is 0.410 e. The van der Waals surface area contributed by atoms with Gasteiger partial charge in [-0.2, -0.15) is 13.2 Å². The Morgan fingerprint density at radius 2 is 1.86 bits per heavy atom. The first-order valence-corrected chi connectivity index (χ1v) is 1.82. The second-order valence-electron chi connectivity index (χ2n) is 0.904. The minimum atomic E-state index is -4.22. The molecule has 0 rings (SSSR count). The Kier molecular flexibility index (Phi) is 2.31. The topological polar surface area (TPSA) is 9.23 Å². The molecule has 41 valence electrons. The van der Waals surface area contributed by atoms with E-state index in [2.05, 4.69) is 14.9 Å². The largest absolute Gasteiger partial charge is 0.410 e. The van der Waals surface area contributed by atoms with Crippen molar-refractivity contribution in [1.82, 2.24) is 0 Å². The van der Waals surface area contributed by atoms with Crippen molar-refractivity contribution in [2.45, 2.75) is 6.18 Å². The van der Waals surface area contributed by atoms with Crippen LogP contribution in [0.5, 0.6) is 0 Å². The third-order valence-electron chi connectivity index (χ3n) is 0.236. The lowest BCUT2D eigenvalue weighted by atomic mass is 10.7. The Morgan fingerprint density at radius 3 is 1.86 bits per heavy atom. The molecule has 0 aromatic rings. The Morgan fingerprint density at radius 1 is 1.43 bits per heavy atom. The van der Waals surface area contributed by atoms with Crippen molar-refractivity contribution in [2.75, 3.05) is 6.61 Å². The van der Waals surface area contributed by atoms with Gasteiger partial charge in [-0.25, -0.2) is 0 Å². The summed E-state index contributed by atoms with van der Waals surface area (Å²) >= 11 is 0. The first-order valence-electron chi connectivity index (χ1n) is 1.41. The van der Waals surface area contributed by atoms with Gasteiger partial charge in [0, 0.05) is 0 Å². The van der Waals surface area contributed by atoms with Crippen LogP contribution in [0.3, 0.4) is 0 Å². The summed E-state index contributed by atoms with van der Waals surface area (Å²) in [4.78, 5) is 0. The van der Waals surface area contributed by atoms with E-state index in [1.165, 1.54) is 0 Å². The maximum absolute atomic E-state index is 10.9. The number of halogens is 3. The molecule has 0 unspecified atom stereocenters. The van der Waals surface area contributed by atoms with Gasteiger partial charge in [0.15, 0.2) is 0 Å². The minimum absolute atomic E-state index is 1.25. The molecule has 0 amide bonds. The van der Waals surface area contributed by atoms with E-state index >= 15 is 0 Å². The Balaban J connectivity index is 3.15. The standard InChI is InChI=1S/C2H2F3OSi/c3-2(4,5)1-6-7/h1H2. The van der Waals surface area contributed by atoms with Gasteiger partial charge in [0.1, 0.15) is 6.61 Å². The van der Waals surface area contributed by atoms with Crippen LogP contribution < -0.4 is 0 Å². The first-order chi connectivity index (χ1) is 3.06. The van der Waals surface area contributed by atoms with E-state index in [1.807, 2.05) is 0 Å². The summed E-state index contributed by atoms with van der Waals surface area (Å²) in [5.74, 6) is 0. The van der Waals surface area contributed by atoms with Crippen LogP contribution in [0.1, 0.15) is 0 Å². The molecule has 3 radical (unpaired) electrons. The van der Waals surface area contributed by atoms with Crippen molar-refractivity contribution >= 4 is 10.5 Å². The van der Waals surface area contributed by atoms with Crippen LogP contribution in [0.25, 0.3) is 0 Å². The molecule has 0 aliphatic rings. The van der Waals surface area contributed by atoms with Crippen LogP contribution in [0.4, 0.5) is 13.2 Å². The molecular weight excluding hydrogens is 125 g/mol. The predicted octanol–water partition coefficient (Wildman–Crippen LogP) is 0.649. The van der Waals surface area contributed by atoms with E-state index < -0.39 is 12.8 Å². The molecule has 0 aliphatic carbocycles. The van der Waals surface area contributed by atoms with Crippen LogP contribution in [0, 0.1) is 0 Å². The van der Waals surface area contributed by atoms with E-state index in [0.717, 1.165) is 0 Å². The van der Waals surface area contributed by atoms with Crippen LogP contribution >= 0.6 is 0 Å². The van der Waals surface area contributed by atoms with Crippen molar-refractivity contribution in [1.29, 1.82) is 0 Å². The molecule has 5 heteroatoms. The molecule has 1 nitrogen and oxygen atoms in total. The summed E-state index contributed by atoms with van der Waals surface area (Å²) in [5, 5.41) is 0. The second kappa shape index (κ2) is 2.32. The maximum atomic E-state index is 10.9. The highest BCUT2D eigenvalue weighted by Crippen LogP contribution is 2.13. The van der Waals surface area contributed by atoms with E-state index in [9.17, 15) is 13.2 Å². The molecule has 0 saturated heterocycles. The van der Waals surface area contributed by atoms with Gasteiger partial charge in [-0.05, 0) is 0 Å². The van der Waals surface area contributed by atoms with E-state index in [1.54, 1.807) is 0 Å². The van der Waals surface area contributed by atoms with E-state index in [4.69, 9.17) is 0 Å². The molecule has 0 aliphatic heterocycles. The Hall–Kier alpha value is -0.0331. The third-order valence-corrected chi connectivity index (χ3v) is 0.380. The number of rotatable bonds is 1. The molecule has 0 N–H and O–H groups in total. The molecule has 0 aromatic heterocycles. The molecule has 0 spiro atoms. The molecule has 0 fully saturated rings. The highest BCUT2D eigenvalue weighted by Gasteiger charge is 2.25. The highest BCUT2D eigenvalue weighted by molar-refractivity contribution is 5.97. The summed E-state index contributed by atoms with van der Waals surface area (Å²) in [6, 6.07) is 0. The summed E-state index contributed by atoms with van der Waals surface area (Å²) in [5.41, 5.74) is 0. The van der Waals surface area contributed by atoms with Gasteiger partial charge >= 0.3 is 6.18 Å². The molecule has 0 heterocycles. The van der Waals surface area contributed by atoms with Crippen molar-refractivity contribution in [2.24, 2.45) is 0 Å². The molecule has 0 saturated carbocycles. The summed E-state index contributed by atoms with van der Waals surface area (Å²) in [7, 11) is 2.21. The summed E-state index contributed by atoms with van der Waals surface area (Å²) in [6.45, 7) is -1.25. The first kappa shape index (κ1) is 6.97. The predicted molar refractivity (Wildman–Crippen MR) is 17.8 cm³/mol. The molecular formula is C2H2F3OSi. The quantitative estimate of drug-likeness (QED) is 0.470. The number of hydrogen-bond donors (Lipinski definition) is 0. The third kappa shape index (κ3) is 5.97. The van der Waals surface area contributed by atoms with Crippen molar-refractivity contribution < 1.29 is 17.6 Å². The van der Waals surface area contributed by atoms with Crippen LogP contribution in [-0.2, 0) is 4.43 Å². The van der Waals surface area contributed by atoms with Crippen molar-refractivity contribution in [3.8, 4) is 0 Å². The van der Waals surface area contributed by atoms with Gasteiger partial charge < -0.3 is 4.43 Å². The minimum Gasteiger partial charge on any atom is -0.410 e. The lowest BCUT2D eigenvalue weighted by molar-refractivity contribution is -0.152. The molecule has 7 heavy (non-hydrogen) atoms. The van der Waals surface area contributed by atoms with Gasteiger partial charge in [-0.15, -0.1) is 0 Å². The fourth-order valence-corrected chi connectivity index (χ4v) is 0.245. The SMILES string of the molecule is FC(F)(F)CO[Si]. The monoisotopic (exact) mass is 127 g/mol. The fourth-order valence-electron chi connectivity index (χ4n) is 0.0818. The zero-order valence-electron chi connectivity index (χ0n) is 3.25. The highest BCUT2D eigenvalue weighted by atomic mass is 28.2. The molecule has 0 atom stereocenters. The van der Waals surface area contributed by atoms with Crippen LogP contribution in [0.2, 0.25) is 0 Å². The molecule has 0 aromatic carbocycles. The lowest BCUT2D eigenvalue weighted by Crippen LogP contribution is -2.15. The number of hydrogen-bond acceptors (Lipinski definition) is 1. The van der Waals surface area contributed by atoms with Gasteiger partial charge in [-0.3, -0.25) is 0 Å². The number of alkyl halides is 3. The Bertz CT molecular complexity index is 51.4. The summed E-state index contributed by atoms with van der Waals surface area (Å²) < 4.78 is 36.3. The maximum Gasteiger partial charge on any atom is 0.410 e. The van der Waals surface area contributed by atoms with Gasteiger partial charge in [0.25, 0.3) is 0 Å². The average Bonchev–Trinajstić information content (AvgIpc) is 1.30. The normalized spacial score (nSPS) is 12.0. The van der Waals surface area contributed by atoms with Crippen molar-refractivity contribution in [3.63, 3.8) is 0 Å². The zero-order valence-corrected chi connectivity index (χ0v) is 4.25. The van der Waals surface area contributed by atoms with Crippen LogP contribution in [0.15, 0.2) is 0 Å². The fraction of sp³-hybridized carbons (Fsp3) is 1.00. The zero-order chi connectivity index (χ0) is 5.91.